The van der Waals surface area contributed by atoms with Gasteiger partial charge < -0.3 is 9.84 Å². The van der Waals surface area contributed by atoms with Gasteiger partial charge in [-0.05, 0) is 54.9 Å². The second-order valence-corrected chi connectivity index (χ2v) is 6.05. The summed E-state index contributed by atoms with van der Waals surface area (Å²) < 4.78 is 5.20. The van der Waals surface area contributed by atoms with Crippen LogP contribution in [0.4, 0.5) is 0 Å². The number of ether oxygens (including phenoxy) is 1. The minimum absolute atomic E-state index is 0.237. The summed E-state index contributed by atoms with van der Waals surface area (Å²) in [6.07, 6.45) is 2.77. The third-order valence-electron chi connectivity index (χ3n) is 3.92. The van der Waals surface area contributed by atoms with Crippen LogP contribution in [-0.4, -0.2) is 12.2 Å². The van der Waals surface area contributed by atoms with E-state index in [9.17, 15) is 5.11 Å². The number of hydrogen-bond donors (Lipinski definition) is 1. The van der Waals surface area contributed by atoms with Gasteiger partial charge in [-0.2, -0.15) is 0 Å². The maximum absolute atomic E-state index is 10.8. The van der Waals surface area contributed by atoms with E-state index in [0.29, 0.717) is 0 Å². The van der Waals surface area contributed by atoms with Crippen molar-refractivity contribution in [2.24, 2.45) is 5.41 Å². The van der Waals surface area contributed by atoms with Crippen LogP contribution in [0, 0.1) is 12.3 Å². The Balaban J connectivity index is 2.35. The Hall–Kier alpha value is -1.02. The Morgan fingerprint density at radius 1 is 1.24 bits per heavy atom. The molecule has 1 aliphatic rings. The van der Waals surface area contributed by atoms with E-state index < -0.39 is 5.60 Å². The van der Waals surface area contributed by atoms with Crippen LogP contribution in [0.2, 0.25) is 0 Å². The molecule has 1 aromatic carbocycles. The molecule has 1 atom stereocenters. The molecule has 0 aliphatic heterocycles. The zero-order chi connectivity index (χ0) is 12.7. The normalized spacial score (nSPS) is 27.1. The van der Waals surface area contributed by atoms with Crippen LogP contribution in [0.15, 0.2) is 18.2 Å². The highest BCUT2D eigenvalue weighted by molar-refractivity contribution is 5.39. The molecular weight excluding hydrogens is 212 g/mol. The fraction of sp³-hybridized carbons (Fsp3) is 0.600. The van der Waals surface area contributed by atoms with Crippen molar-refractivity contribution in [3.63, 3.8) is 0 Å². The largest absolute Gasteiger partial charge is 0.497 e. The molecule has 0 aromatic heterocycles. The minimum Gasteiger partial charge on any atom is -0.497 e. The van der Waals surface area contributed by atoms with E-state index in [1.165, 1.54) is 0 Å². The van der Waals surface area contributed by atoms with E-state index in [-0.39, 0.29) is 5.41 Å². The van der Waals surface area contributed by atoms with E-state index in [4.69, 9.17) is 4.74 Å². The monoisotopic (exact) mass is 234 g/mol. The van der Waals surface area contributed by atoms with Gasteiger partial charge >= 0.3 is 0 Å². The van der Waals surface area contributed by atoms with Crippen molar-refractivity contribution in [2.75, 3.05) is 7.11 Å². The lowest BCUT2D eigenvalue weighted by Gasteiger charge is -2.27. The average Bonchev–Trinajstić information content (AvgIpc) is 2.53. The first-order chi connectivity index (χ1) is 7.86. The Morgan fingerprint density at radius 2 is 1.94 bits per heavy atom. The van der Waals surface area contributed by atoms with Gasteiger partial charge in [-0.15, -0.1) is 0 Å². The third kappa shape index (κ3) is 2.32. The van der Waals surface area contributed by atoms with E-state index in [0.717, 1.165) is 36.1 Å². The van der Waals surface area contributed by atoms with Crippen molar-refractivity contribution >= 4 is 0 Å². The second kappa shape index (κ2) is 4.02. The van der Waals surface area contributed by atoms with Gasteiger partial charge in [0.15, 0.2) is 0 Å². The lowest BCUT2D eigenvalue weighted by atomic mass is 9.84. The minimum atomic E-state index is -0.653. The molecule has 0 radical (unpaired) electrons. The summed E-state index contributed by atoms with van der Waals surface area (Å²) in [4.78, 5) is 0. The topological polar surface area (TPSA) is 29.5 Å². The molecule has 1 aromatic rings. The highest BCUT2D eigenvalue weighted by Gasteiger charge is 2.43. The van der Waals surface area contributed by atoms with Crippen molar-refractivity contribution in [1.29, 1.82) is 0 Å². The first-order valence-electron chi connectivity index (χ1n) is 6.24. The summed E-state index contributed by atoms with van der Waals surface area (Å²) in [5, 5.41) is 10.8. The van der Waals surface area contributed by atoms with Crippen LogP contribution in [0.5, 0.6) is 5.75 Å². The van der Waals surface area contributed by atoms with Gasteiger partial charge in [-0.1, -0.05) is 19.9 Å². The van der Waals surface area contributed by atoms with E-state index >= 15 is 0 Å². The Labute approximate surface area is 104 Å². The summed E-state index contributed by atoms with van der Waals surface area (Å²) in [5.74, 6) is 0.854. The van der Waals surface area contributed by atoms with E-state index in [1.807, 2.05) is 25.1 Å². The Bertz CT molecular complexity index is 423. The Morgan fingerprint density at radius 3 is 2.41 bits per heavy atom. The maximum Gasteiger partial charge on any atom is 0.119 e. The van der Waals surface area contributed by atoms with Gasteiger partial charge in [0.05, 0.1) is 12.7 Å². The van der Waals surface area contributed by atoms with Gasteiger partial charge in [0, 0.05) is 0 Å². The molecule has 17 heavy (non-hydrogen) atoms. The summed E-state index contributed by atoms with van der Waals surface area (Å²) in [6, 6.07) is 5.94. The van der Waals surface area contributed by atoms with Gasteiger partial charge in [0.25, 0.3) is 0 Å². The van der Waals surface area contributed by atoms with Crippen molar-refractivity contribution in [3.8, 4) is 5.75 Å². The SMILES string of the molecule is COc1ccc(C2(O)CCC(C)(C)C2)c(C)c1. The molecule has 0 saturated heterocycles. The highest BCUT2D eigenvalue weighted by Crippen LogP contribution is 2.49. The predicted molar refractivity (Wildman–Crippen MR) is 69.3 cm³/mol. The molecule has 0 bridgehead atoms. The number of aryl methyl sites for hydroxylation is 1. The van der Waals surface area contributed by atoms with Crippen molar-refractivity contribution in [1.82, 2.24) is 0 Å². The molecular formula is C15H22O2. The number of hydrogen-bond acceptors (Lipinski definition) is 2. The average molecular weight is 234 g/mol. The van der Waals surface area contributed by atoms with Crippen LogP contribution in [0.25, 0.3) is 0 Å². The predicted octanol–water partition coefficient (Wildman–Crippen LogP) is 3.40. The molecule has 1 saturated carbocycles. The first-order valence-corrected chi connectivity index (χ1v) is 6.24. The van der Waals surface area contributed by atoms with Gasteiger partial charge in [-0.25, -0.2) is 0 Å². The standard InChI is InChI=1S/C15H22O2/c1-11-9-12(17-4)5-6-13(11)15(16)8-7-14(2,3)10-15/h5-6,9,16H,7-8,10H2,1-4H3. The second-order valence-electron chi connectivity index (χ2n) is 6.05. The fourth-order valence-corrected chi connectivity index (χ4v) is 3.03. The van der Waals surface area contributed by atoms with Gasteiger partial charge in [-0.3, -0.25) is 0 Å². The molecule has 0 amide bonds. The fourth-order valence-electron chi connectivity index (χ4n) is 3.03. The summed E-state index contributed by atoms with van der Waals surface area (Å²) in [6.45, 7) is 6.49. The zero-order valence-electron chi connectivity index (χ0n) is 11.2. The lowest BCUT2D eigenvalue weighted by molar-refractivity contribution is 0.0332. The molecule has 1 fully saturated rings. The molecule has 2 heteroatoms. The molecule has 1 aliphatic carbocycles. The third-order valence-corrected chi connectivity index (χ3v) is 3.92. The maximum atomic E-state index is 10.8. The van der Waals surface area contributed by atoms with E-state index in [1.54, 1.807) is 7.11 Å². The summed E-state index contributed by atoms with van der Waals surface area (Å²) >= 11 is 0. The van der Waals surface area contributed by atoms with E-state index in [2.05, 4.69) is 13.8 Å². The smallest absolute Gasteiger partial charge is 0.119 e. The van der Waals surface area contributed by atoms with Gasteiger partial charge in [0.1, 0.15) is 5.75 Å². The number of benzene rings is 1. The molecule has 94 valence electrons. The van der Waals surface area contributed by atoms with Crippen LogP contribution in [-0.2, 0) is 5.60 Å². The van der Waals surface area contributed by atoms with Crippen LogP contribution < -0.4 is 4.74 Å². The van der Waals surface area contributed by atoms with Crippen LogP contribution in [0.1, 0.15) is 44.2 Å². The molecule has 2 nitrogen and oxygen atoms in total. The van der Waals surface area contributed by atoms with Crippen molar-refractivity contribution in [2.45, 2.75) is 45.6 Å². The zero-order valence-corrected chi connectivity index (χ0v) is 11.2. The van der Waals surface area contributed by atoms with Crippen molar-refractivity contribution < 1.29 is 9.84 Å². The van der Waals surface area contributed by atoms with Gasteiger partial charge in [0.2, 0.25) is 0 Å². The number of aliphatic hydroxyl groups is 1. The summed E-state index contributed by atoms with van der Waals surface area (Å²) in [5.41, 5.74) is 1.76. The number of rotatable bonds is 2. The molecule has 1 unspecified atom stereocenters. The molecule has 1 N–H and O–H groups in total. The molecule has 0 heterocycles. The molecule has 2 rings (SSSR count). The summed E-state index contributed by atoms with van der Waals surface area (Å²) in [7, 11) is 1.67. The van der Waals surface area contributed by atoms with Crippen LogP contribution >= 0.6 is 0 Å². The number of methoxy groups -OCH3 is 1. The Kier molecular flexibility index (Phi) is 2.94. The van der Waals surface area contributed by atoms with Crippen LogP contribution in [0.3, 0.4) is 0 Å². The highest BCUT2D eigenvalue weighted by atomic mass is 16.5. The first kappa shape index (κ1) is 12.4. The quantitative estimate of drug-likeness (QED) is 0.849. The molecule has 0 spiro atoms. The van der Waals surface area contributed by atoms with Crippen molar-refractivity contribution in [3.05, 3.63) is 29.3 Å². The lowest BCUT2D eigenvalue weighted by Crippen LogP contribution is -2.24.